The van der Waals surface area contributed by atoms with Crippen molar-refractivity contribution in [3.05, 3.63) is 64.2 Å². The summed E-state index contributed by atoms with van der Waals surface area (Å²) in [7, 11) is 1.64. The first-order valence-electron chi connectivity index (χ1n) is 5.59. The highest BCUT2D eigenvalue weighted by Crippen LogP contribution is 2.20. The van der Waals surface area contributed by atoms with Crippen LogP contribution >= 0.6 is 11.6 Å². The van der Waals surface area contributed by atoms with E-state index in [0.29, 0.717) is 17.0 Å². The Bertz CT molecular complexity index is 564. The van der Waals surface area contributed by atoms with Gasteiger partial charge in [0.05, 0.1) is 7.11 Å². The fraction of sp³-hybridized carbons (Fsp3) is 0.133. The summed E-state index contributed by atoms with van der Waals surface area (Å²) in [6, 6.07) is 13.2. The molecular formula is C15H13ClO2. The highest BCUT2D eigenvalue weighted by molar-refractivity contribution is 6.30. The van der Waals surface area contributed by atoms with Gasteiger partial charge >= 0.3 is 0 Å². The highest BCUT2D eigenvalue weighted by atomic mass is 35.5. The number of halogens is 1. The number of methoxy groups -OCH3 is 1. The molecule has 0 unspecified atom stereocenters. The van der Waals surface area contributed by atoms with E-state index in [4.69, 9.17) is 16.3 Å². The second kappa shape index (κ2) is 5.69. The predicted octanol–water partition coefficient (Wildman–Crippen LogP) is 3.75. The normalized spacial score (nSPS) is 10.1. The largest absolute Gasteiger partial charge is 0.497 e. The molecule has 0 radical (unpaired) electrons. The van der Waals surface area contributed by atoms with Crippen LogP contribution in [-0.2, 0) is 6.42 Å². The van der Waals surface area contributed by atoms with E-state index in [9.17, 15) is 4.79 Å². The Labute approximate surface area is 111 Å². The number of rotatable bonds is 4. The van der Waals surface area contributed by atoms with E-state index in [1.54, 1.807) is 19.2 Å². The maximum Gasteiger partial charge on any atom is 0.150 e. The number of ether oxygens (including phenoxy) is 1. The molecule has 0 amide bonds. The summed E-state index contributed by atoms with van der Waals surface area (Å²) in [5, 5.41) is 0.575. The van der Waals surface area contributed by atoms with E-state index < -0.39 is 0 Å². The molecule has 2 rings (SSSR count). The van der Waals surface area contributed by atoms with Gasteiger partial charge in [-0.05, 0) is 41.8 Å². The molecule has 0 fully saturated rings. The van der Waals surface area contributed by atoms with E-state index >= 15 is 0 Å². The molecule has 3 heteroatoms. The fourth-order valence-corrected chi connectivity index (χ4v) is 2.02. The van der Waals surface area contributed by atoms with Crippen molar-refractivity contribution in [2.45, 2.75) is 6.42 Å². The van der Waals surface area contributed by atoms with Gasteiger partial charge in [-0.3, -0.25) is 4.79 Å². The Kier molecular flexibility index (Phi) is 4.00. The Morgan fingerprint density at radius 3 is 2.78 bits per heavy atom. The predicted molar refractivity (Wildman–Crippen MR) is 72.6 cm³/mol. The van der Waals surface area contributed by atoms with Crippen LogP contribution in [0.4, 0.5) is 0 Å². The van der Waals surface area contributed by atoms with E-state index in [1.807, 2.05) is 30.3 Å². The summed E-state index contributed by atoms with van der Waals surface area (Å²) >= 11 is 5.87. The smallest absolute Gasteiger partial charge is 0.150 e. The number of aldehydes is 1. The van der Waals surface area contributed by atoms with Crippen molar-refractivity contribution in [2.75, 3.05) is 7.11 Å². The molecule has 0 atom stereocenters. The lowest BCUT2D eigenvalue weighted by Gasteiger charge is -2.07. The molecule has 0 aromatic heterocycles. The third-order valence-corrected chi connectivity index (χ3v) is 3.00. The van der Waals surface area contributed by atoms with Gasteiger partial charge in [-0.2, -0.15) is 0 Å². The molecule has 0 aliphatic heterocycles. The van der Waals surface area contributed by atoms with Crippen LogP contribution in [0.2, 0.25) is 5.02 Å². The lowest BCUT2D eigenvalue weighted by molar-refractivity contribution is 0.112. The Hall–Kier alpha value is -1.80. The molecule has 0 aliphatic carbocycles. The van der Waals surface area contributed by atoms with E-state index in [1.165, 1.54) is 0 Å². The van der Waals surface area contributed by atoms with Crippen molar-refractivity contribution in [1.82, 2.24) is 0 Å². The first kappa shape index (κ1) is 12.7. The molecule has 2 aromatic carbocycles. The van der Waals surface area contributed by atoms with Gasteiger partial charge < -0.3 is 4.74 Å². The molecule has 0 saturated heterocycles. The first-order valence-corrected chi connectivity index (χ1v) is 5.97. The standard InChI is InChI=1S/C15H13ClO2/c1-18-15-4-2-3-11(8-15)7-12-5-6-14(16)9-13(12)10-17/h2-6,8-10H,7H2,1H3. The van der Waals surface area contributed by atoms with Crippen molar-refractivity contribution in [2.24, 2.45) is 0 Å². The Balaban J connectivity index is 2.30. The van der Waals surface area contributed by atoms with Gasteiger partial charge in [0.25, 0.3) is 0 Å². The van der Waals surface area contributed by atoms with Crippen molar-refractivity contribution >= 4 is 17.9 Å². The van der Waals surface area contributed by atoms with Crippen LogP contribution in [0.15, 0.2) is 42.5 Å². The Morgan fingerprint density at radius 2 is 2.06 bits per heavy atom. The van der Waals surface area contributed by atoms with E-state index in [2.05, 4.69) is 0 Å². The molecule has 0 N–H and O–H groups in total. The molecule has 0 heterocycles. The maximum absolute atomic E-state index is 11.0. The SMILES string of the molecule is COc1cccc(Cc2ccc(Cl)cc2C=O)c1. The number of hydrogen-bond acceptors (Lipinski definition) is 2. The van der Waals surface area contributed by atoms with Crippen molar-refractivity contribution in [3.63, 3.8) is 0 Å². The van der Waals surface area contributed by atoms with Gasteiger partial charge in [-0.1, -0.05) is 29.8 Å². The summed E-state index contributed by atoms with van der Waals surface area (Å²) < 4.78 is 5.18. The molecular weight excluding hydrogens is 248 g/mol. The summed E-state index contributed by atoms with van der Waals surface area (Å²) in [6.07, 6.45) is 1.52. The quantitative estimate of drug-likeness (QED) is 0.783. The van der Waals surface area contributed by atoms with Gasteiger partial charge in [-0.25, -0.2) is 0 Å². The average Bonchev–Trinajstić information content (AvgIpc) is 2.41. The fourth-order valence-electron chi connectivity index (χ4n) is 1.84. The van der Waals surface area contributed by atoms with Crippen molar-refractivity contribution < 1.29 is 9.53 Å². The molecule has 0 spiro atoms. The zero-order valence-electron chi connectivity index (χ0n) is 10.0. The lowest BCUT2D eigenvalue weighted by Crippen LogP contribution is -1.95. The van der Waals surface area contributed by atoms with Crippen LogP contribution in [0.1, 0.15) is 21.5 Å². The minimum atomic E-state index is 0.575. The van der Waals surface area contributed by atoms with Crippen LogP contribution in [0.3, 0.4) is 0 Å². The van der Waals surface area contributed by atoms with Crippen LogP contribution in [0.25, 0.3) is 0 Å². The second-order valence-corrected chi connectivity index (χ2v) is 4.43. The van der Waals surface area contributed by atoms with E-state index in [0.717, 1.165) is 23.2 Å². The van der Waals surface area contributed by atoms with Crippen molar-refractivity contribution in [3.8, 4) is 5.75 Å². The molecule has 0 bridgehead atoms. The zero-order valence-corrected chi connectivity index (χ0v) is 10.8. The van der Waals surface area contributed by atoms with Gasteiger partial charge in [0, 0.05) is 10.6 Å². The topological polar surface area (TPSA) is 26.3 Å². The first-order chi connectivity index (χ1) is 8.72. The van der Waals surface area contributed by atoms with E-state index in [-0.39, 0.29) is 0 Å². The van der Waals surface area contributed by atoms with Crippen LogP contribution < -0.4 is 4.74 Å². The molecule has 2 nitrogen and oxygen atoms in total. The molecule has 0 saturated carbocycles. The summed E-state index contributed by atoms with van der Waals surface area (Å²) in [4.78, 5) is 11.0. The number of benzene rings is 2. The summed E-state index contributed by atoms with van der Waals surface area (Å²) in [5.74, 6) is 0.814. The van der Waals surface area contributed by atoms with Gasteiger partial charge in [0.15, 0.2) is 0 Å². The zero-order chi connectivity index (χ0) is 13.0. The summed E-state index contributed by atoms with van der Waals surface area (Å²) in [6.45, 7) is 0. The van der Waals surface area contributed by atoms with Crippen LogP contribution in [-0.4, -0.2) is 13.4 Å². The average molecular weight is 261 g/mol. The number of carbonyl (C=O) groups is 1. The Morgan fingerprint density at radius 1 is 1.22 bits per heavy atom. The highest BCUT2D eigenvalue weighted by Gasteiger charge is 2.04. The number of carbonyl (C=O) groups excluding carboxylic acids is 1. The molecule has 92 valence electrons. The van der Waals surface area contributed by atoms with Crippen LogP contribution in [0.5, 0.6) is 5.75 Å². The third kappa shape index (κ3) is 2.90. The minimum Gasteiger partial charge on any atom is -0.497 e. The lowest BCUT2D eigenvalue weighted by atomic mass is 10.0. The second-order valence-electron chi connectivity index (χ2n) is 3.99. The maximum atomic E-state index is 11.0. The molecule has 18 heavy (non-hydrogen) atoms. The number of hydrogen-bond donors (Lipinski definition) is 0. The van der Waals surface area contributed by atoms with Gasteiger partial charge in [-0.15, -0.1) is 0 Å². The van der Waals surface area contributed by atoms with Gasteiger partial charge in [0.2, 0.25) is 0 Å². The third-order valence-electron chi connectivity index (χ3n) is 2.76. The summed E-state index contributed by atoms with van der Waals surface area (Å²) in [5.41, 5.74) is 2.69. The van der Waals surface area contributed by atoms with Gasteiger partial charge in [0.1, 0.15) is 12.0 Å². The van der Waals surface area contributed by atoms with Crippen LogP contribution in [0, 0.1) is 0 Å². The molecule has 0 aliphatic rings. The minimum absolute atomic E-state index is 0.575. The van der Waals surface area contributed by atoms with Crippen molar-refractivity contribution in [1.29, 1.82) is 0 Å². The molecule has 2 aromatic rings. The monoisotopic (exact) mass is 260 g/mol.